The topological polar surface area (TPSA) is 16.4 Å². The molecule has 0 aliphatic rings. The van der Waals surface area contributed by atoms with E-state index in [1.807, 2.05) is 0 Å². The molecule has 0 unspecified atom stereocenters. The zero-order chi connectivity index (χ0) is 35.8. The third kappa shape index (κ3) is 5.53. The average Bonchev–Trinajstić information content (AvgIpc) is 3.65. The van der Waals surface area contributed by atoms with Crippen LogP contribution in [0.4, 0.5) is 17.1 Å². The molecule has 0 radical (unpaired) electrons. The molecular formula is C52H35NO. The first kappa shape index (κ1) is 31.6. The van der Waals surface area contributed by atoms with Gasteiger partial charge in [-0.1, -0.05) is 170 Å². The van der Waals surface area contributed by atoms with Gasteiger partial charge < -0.3 is 9.32 Å². The molecule has 0 atom stereocenters. The quantitative estimate of drug-likeness (QED) is 0.166. The summed E-state index contributed by atoms with van der Waals surface area (Å²) in [4.78, 5) is 2.42. The summed E-state index contributed by atoms with van der Waals surface area (Å²) in [5.41, 5.74) is 14.2. The molecule has 1 heterocycles. The van der Waals surface area contributed by atoms with Crippen LogP contribution in [0.1, 0.15) is 0 Å². The summed E-state index contributed by atoms with van der Waals surface area (Å²) in [5.74, 6) is 0. The van der Waals surface area contributed by atoms with E-state index in [0.717, 1.165) is 66.8 Å². The highest BCUT2D eigenvalue weighted by molar-refractivity contribution is 6.19. The van der Waals surface area contributed by atoms with E-state index < -0.39 is 0 Å². The molecule has 2 heteroatoms. The molecule has 254 valence electrons. The first-order valence-corrected chi connectivity index (χ1v) is 18.4. The third-order valence-corrected chi connectivity index (χ3v) is 10.5. The molecule has 1 aromatic heterocycles. The highest BCUT2D eigenvalue weighted by Gasteiger charge is 2.24. The van der Waals surface area contributed by atoms with Crippen molar-refractivity contribution < 1.29 is 4.42 Å². The largest absolute Gasteiger partial charge is 0.455 e. The molecule has 0 bridgehead atoms. The first-order chi connectivity index (χ1) is 26.8. The number of hydrogen-bond donors (Lipinski definition) is 0. The summed E-state index contributed by atoms with van der Waals surface area (Å²) in [6, 6.07) is 75.8. The Morgan fingerprint density at radius 2 is 0.907 bits per heavy atom. The molecule has 54 heavy (non-hydrogen) atoms. The molecule has 0 amide bonds. The van der Waals surface area contributed by atoms with E-state index >= 15 is 0 Å². The molecular weight excluding hydrogens is 655 g/mol. The summed E-state index contributed by atoms with van der Waals surface area (Å²) in [6.45, 7) is 0. The lowest BCUT2D eigenvalue weighted by Gasteiger charge is -2.29. The van der Waals surface area contributed by atoms with Gasteiger partial charge >= 0.3 is 0 Å². The van der Waals surface area contributed by atoms with Crippen molar-refractivity contribution >= 4 is 49.8 Å². The van der Waals surface area contributed by atoms with E-state index in [4.69, 9.17) is 4.42 Å². The van der Waals surface area contributed by atoms with Gasteiger partial charge in [0.25, 0.3) is 0 Å². The van der Waals surface area contributed by atoms with E-state index in [0.29, 0.717) is 0 Å². The van der Waals surface area contributed by atoms with Crippen molar-refractivity contribution in [3.05, 3.63) is 212 Å². The van der Waals surface area contributed by atoms with Gasteiger partial charge in [-0.25, -0.2) is 0 Å². The molecule has 0 N–H and O–H groups in total. The number of anilines is 3. The molecule has 10 rings (SSSR count). The number of nitrogens with zero attached hydrogens (tertiary/aromatic N) is 1. The smallest absolute Gasteiger partial charge is 0.145 e. The minimum Gasteiger partial charge on any atom is -0.455 e. The lowest BCUT2D eigenvalue weighted by atomic mass is 9.94. The Bertz CT molecular complexity index is 2940. The fourth-order valence-corrected chi connectivity index (χ4v) is 7.94. The summed E-state index contributed by atoms with van der Waals surface area (Å²) in [5, 5.41) is 4.56. The Morgan fingerprint density at radius 1 is 0.333 bits per heavy atom. The van der Waals surface area contributed by atoms with Gasteiger partial charge in [-0.2, -0.15) is 0 Å². The van der Waals surface area contributed by atoms with Crippen molar-refractivity contribution in [1.82, 2.24) is 0 Å². The molecule has 0 saturated carbocycles. The van der Waals surface area contributed by atoms with Crippen molar-refractivity contribution in [1.29, 1.82) is 0 Å². The second-order valence-electron chi connectivity index (χ2n) is 13.7. The second kappa shape index (κ2) is 13.4. The first-order valence-electron chi connectivity index (χ1n) is 18.4. The van der Waals surface area contributed by atoms with Gasteiger partial charge in [0.15, 0.2) is 0 Å². The Balaban J connectivity index is 1.26. The van der Waals surface area contributed by atoms with Gasteiger partial charge in [-0.3, -0.25) is 0 Å². The SMILES string of the molecule is c1ccc(-c2cccc(-c3ccccc3N(c3cccc(-c4ccccc4)c3)c3ccc(-c4cccc5ccccc45)c4oc5ccccc5c34)c2)cc1. The minimum atomic E-state index is 0.864. The zero-order valence-electron chi connectivity index (χ0n) is 29.6. The highest BCUT2D eigenvalue weighted by Crippen LogP contribution is 2.49. The van der Waals surface area contributed by atoms with E-state index in [1.165, 1.54) is 27.5 Å². The van der Waals surface area contributed by atoms with Crippen LogP contribution in [0, 0.1) is 0 Å². The highest BCUT2D eigenvalue weighted by atomic mass is 16.3. The summed E-state index contributed by atoms with van der Waals surface area (Å²) >= 11 is 0. The molecule has 0 aliphatic carbocycles. The van der Waals surface area contributed by atoms with E-state index in [2.05, 4.69) is 217 Å². The monoisotopic (exact) mass is 689 g/mol. The predicted molar refractivity (Wildman–Crippen MR) is 228 cm³/mol. The van der Waals surface area contributed by atoms with Gasteiger partial charge in [0.1, 0.15) is 11.2 Å². The predicted octanol–water partition coefficient (Wildman–Crippen LogP) is 14.9. The van der Waals surface area contributed by atoms with Crippen LogP contribution in [0.3, 0.4) is 0 Å². The maximum absolute atomic E-state index is 6.90. The van der Waals surface area contributed by atoms with Crippen LogP contribution in [0.15, 0.2) is 217 Å². The maximum atomic E-state index is 6.90. The van der Waals surface area contributed by atoms with Crippen molar-refractivity contribution in [2.45, 2.75) is 0 Å². The van der Waals surface area contributed by atoms with Crippen molar-refractivity contribution in [3.63, 3.8) is 0 Å². The van der Waals surface area contributed by atoms with Crippen molar-refractivity contribution in [2.24, 2.45) is 0 Å². The number of rotatable bonds is 7. The average molecular weight is 690 g/mol. The summed E-state index contributed by atoms with van der Waals surface area (Å²) in [7, 11) is 0. The number of fused-ring (bicyclic) bond motifs is 4. The normalized spacial score (nSPS) is 11.3. The number of benzene rings is 9. The van der Waals surface area contributed by atoms with E-state index in [-0.39, 0.29) is 0 Å². The number of hydrogen-bond acceptors (Lipinski definition) is 2. The Hall–Kier alpha value is -7.16. The molecule has 0 fully saturated rings. The van der Waals surface area contributed by atoms with Crippen molar-refractivity contribution in [3.8, 4) is 44.5 Å². The van der Waals surface area contributed by atoms with Crippen LogP contribution in [-0.4, -0.2) is 0 Å². The van der Waals surface area contributed by atoms with Crippen LogP contribution in [0.5, 0.6) is 0 Å². The van der Waals surface area contributed by atoms with E-state index in [1.54, 1.807) is 0 Å². The fourth-order valence-electron chi connectivity index (χ4n) is 7.94. The Kier molecular flexibility index (Phi) is 7.85. The number of para-hydroxylation sites is 2. The summed E-state index contributed by atoms with van der Waals surface area (Å²) < 4.78 is 6.90. The molecule has 9 aromatic carbocycles. The Morgan fingerprint density at radius 3 is 1.72 bits per heavy atom. The van der Waals surface area contributed by atoms with Crippen LogP contribution in [0.2, 0.25) is 0 Å². The Labute approximate surface area is 314 Å². The van der Waals surface area contributed by atoms with Crippen LogP contribution < -0.4 is 4.90 Å². The lowest BCUT2D eigenvalue weighted by Crippen LogP contribution is -2.12. The number of furan rings is 1. The van der Waals surface area contributed by atoms with E-state index in [9.17, 15) is 0 Å². The van der Waals surface area contributed by atoms with Crippen molar-refractivity contribution in [2.75, 3.05) is 4.90 Å². The molecule has 0 aliphatic heterocycles. The maximum Gasteiger partial charge on any atom is 0.145 e. The van der Waals surface area contributed by atoms with Crippen LogP contribution in [-0.2, 0) is 0 Å². The van der Waals surface area contributed by atoms with Gasteiger partial charge in [-0.05, 0) is 86.6 Å². The minimum absolute atomic E-state index is 0.864. The second-order valence-corrected chi connectivity index (χ2v) is 13.7. The van der Waals surface area contributed by atoms with Gasteiger partial charge in [0, 0.05) is 22.2 Å². The standard InChI is InChI=1S/C52H35NO/c1-3-16-36(17-4-1)39-22-13-24-41(34-39)44-27-9-11-30-48(44)53(42-25-14-23-40(35-42)37-18-5-2-6-19-37)49-33-32-46(45-29-15-21-38-20-7-8-26-43(38)45)52-51(49)47-28-10-12-31-50(47)54-52/h1-35H. The molecule has 0 spiro atoms. The third-order valence-electron chi connectivity index (χ3n) is 10.5. The molecule has 10 aromatic rings. The van der Waals surface area contributed by atoms with Crippen LogP contribution >= 0.6 is 0 Å². The van der Waals surface area contributed by atoms with Crippen LogP contribution in [0.25, 0.3) is 77.2 Å². The summed E-state index contributed by atoms with van der Waals surface area (Å²) in [6.07, 6.45) is 0. The van der Waals surface area contributed by atoms with Gasteiger partial charge in [0.2, 0.25) is 0 Å². The fraction of sp³-hybridized carbons (Fsp3) is 0. The lowest BCUT2D eigenvalue weighted by molar-refractivity contribution is 0.670. The molecule has 0 saturated heterocycles. The van der Waals surface area contributed by atoms with Gasteiger partial charge in [0.05, 0.1) is 16.8 Å². The van der Waals surface area contributed by atoms with Gasteiger partial charge in [-0.15, -0.1) is 0 Å². The zero-order valence-corrected chi connectivity index (χ0v) is 29.6. The molecule has 2 nitrogen and oxygen atoms in total.